The van der Waals surface area contributed by atoms with Crippen molar-refractivity contribution in [3.63, 3.8) is 0 Å². The molecule has 0 rings (SSSR count). The predicted molar refractivity (Wildman–Crippen MR) is 56.4 cm³/mol. The van der Waals surface area contributed by atoms with Crippen molar-refractivity contribution < 1.29 is 19.6 Å². The monoisotopic (exact) mass is 227 g/mol. The molecule has 88 valence electrons. The van der Waals surface area contributed by atoms with E-state index in [-0.39, 0.29) is 6.42 Å². The van der Waals surface area contributed by atoms with Crippen LogP contribution in [-0.4, -0.2) is 21.8 Å². The second-order valence-electron chi connectivity index (χ2n) is 3.06. The van der Waals surface area contributed by atoms with Gasteiger partial charge >= 0.3 is 11.7 Å². The third kappa shape index (κ3) is 3.64. The number of rotatable bonds is 7. The molecular weight excluding hydrogens is 214 g/mol. The van der Waals surface area contributed by atoms with E-state index >= 15 is 0 Å². The molecule has 0 saturated heterocycles. The standard InChI is InChI=1S/C10H13NO5/c1-3-5-6-7(10(13)14)9(11(15)16)8(12)4-2/h4H,2-3,5-6H2,1H3,(H,13,14). The highest BCUT2D eigenvalue weighted by atomic mass is 16.6. The third-order valence-electron chi connectivity index (χ3n) is 1.93. The van der Waals surface area contributed by atoms with E-state index in [0.29, 0.717) is 12.8 Å². The van der Waals surface area contributed by atoms with Crippen molar-refractivity contribution in [2.24, 2.45) is 0 Å². The maximum absolute atomic E-state index is 11.2. The number of carboxylic acid groups (broad SMARTS) is 1. The van der Waals surface area contributed by atoms with Gasteiger partial charge in [0.05, 0.1) is 4.92 Å². The van der Waals surface area contributed by atoms with Crippen LogP contribution in [0.1, 0.15) is 26.2 Å². The molecule has 0 spiro atoms. The Morgan fingerprint density at radius 1 is 1.50 bits per heavy atom. The Morgan fingerprint density at radius 3 is 2.38 bits per heavy atom. The Kier molecular flexibility index (Phi) is 5.69. The van der Waals surface area contributed by atoms with Gasteiger partial charge in [0.1, 0.15) is 5.57 Å². The summed E-state index contributed by atoms with van der Waals surface area (Å²) in [5.74, 6) is -2.41. The van der Waals surface area contributed by atoms with E-state index in [0.717, 1.165) is 6.08 Å². The van der Waals surface area contributed by atoms with E-state index < -0.39 is 27.9 Å². The van der Waals surface area contributed by atoms with Crippen molar-refractivity contribution in [1.29, 1.82) is 0 Å². The first-order chi connectivity index (χ1) is 7.45. The highest BCUT2D eigenvalue weighted by Crippen LogP contribution is 2.15. The molecule has 16 heavy (non-hydrogen) atoms. The van der Waals surface area contributed by atoms with Crippen molar-refractivity contribution in [3.05, 3.63) is 34.0 Å². The van der Waals surface area contributed by atoms with Gasteiger partial charge in [-0.2, -0.15) is 0 Å². The minimum absolute atomic E-state index is 0.00171. The molecule has 1 N–H and O–H groups in total. The Bertz CT molecular complexity index is 356. The Labute approximate surface area is 92.4 Å². The number of nitro groups is 1. The molecule has 0 atom stereocenters. The van der Waals surface area contributed by atoms with Crippen molar-refractivity contribution >= 4 is 11.8 Å². The Morgan fingerprint density at radius 2 is 2.06 bits per heavy atom. The van der Waals surface area contributed by atoms with Crippen LogP contribution >= 0.6 is 0 Å². The van der Waals surface area contributed by atoms with E-state index in [1.807, 2.05) is 6.92 Å². The van der Waals surface area contributed by atoms with E-state index in [1.54, 1.807) is 0 Å². The summed E-state index contributed by atoms with van der Waals surface area (Å²) in [6.07, 6.45) is 1.90. The number of allylic oxidation sites excluding steroid dienone is 1. The van der Waals surface area contributed by atoms with Crippen LogP contribution in [0.3, 0.4) is 0 Å². The zero-order chi connectivity index (χ0) is 12.7. The largest absolute Gasteiger partial charge is 0.478 e. The molecule has 0 aromatic rings. The van der Waals surface area contributed by atoms with Crippen molar-refractivity contribution in [2.75, 3.05) is 0 Å². The highest BCUT2D eigenvalue weighted by molar-refractivity contribution is 6.06. The summed E-state index contributed by atoms with van der Waals surface area (Å²) < 4.78 is 0. The average Bonchev–Trinajstić information content (AvgIpc) is 2.22. The van der Waals surface area contributed by atoms with Gasteiger partial charge in [0, 0.05) is 0 Å². The van der Waals surface area contributed by atoms with E-state index in [9.17, 15) is 19.7 Å². The first kappa shape index (κ1) is 14.0. The van der Waals surface area contributed by atoms with Gasteiger partial charge in [-0.15, -0.1) is 0 Å². The van der Waals surface area contributed by atoms with Gasteiger partial charge in [0.2, 0.25) is 0 Å². The second kappa shape index (κ2) is 6.49. The molecule has 0 unspecified atom stereocenters. The molecule has 0 aromatic carbocycles. The van der Waals surface area contributed by atoms with Crippen LogP contribution in [0.15, 0.2) is 23.9 Å². The number of carbonyl (C=O) groups excluding carboxylic acids is 1. The topological polar surface area (TPSA) is 97.5 Å². The lowest BCUT2D eigenvalue weighted by Gasteiger charge is -2.01. The Hall–Kier alpha value is -1.98. The van der Waals surface area contributed by atoms with Gasteiger partial charge in [0.25, 0.3) is 5.78 Å². The van der Waals surface area contributed by atoms with Crippen LogP contribution in [0.2, 0.25) is 0 Å². The molecule has 0 bridgehead atoms. The fraction of sp³-hybridized carbons (Fsp3) is 0.400. The van der Waals surface area contributed by atoms with Crippen LogP contribution < -0.4 is 0 Å². The van der Waals surface area contributed by atoms with Crippen LogP contribution in [0.25, 0.3) is 0 Å². The van der Waals surface area contributed by atoms with Gasteiger partial charge in [-0.05, 0) is 18.9 Å². The van der Waals surface area contributed by atoms with Crippen molar-refractivity contribution in [2.45, 2.75) is 26.2 Å². The number of hydrogen-bond donors (Lipinski definition) is 1. The second-order valence-corrected chi connectivity index (χ2v) is 3.06. The molecule has 0 aromatic heterocycles. The molecule has 0 heterocycles. The summed E-state index contributed by atoms with van der Waals surface area (Å²) in [5, 5.41) is 19.4. The molecular formula is C10H13NO5. The molecule has 0 fully saturated rings. The minimum Gasteiger partial charge on any atom is -0.478 e. The van der Waals surface area contributed by atoms with E-state index in [1.165, 1.54) is 0 Å². The lowest BCUT2D eigenvalue weighted by atomic mass is 10.0. The zero-order valence-electron chi connectivity index (χ0n) is 8.93. The molecule has 0 aliphatic heterocycles. The lowest BCUT2D eigenvalue weighted by molar-refractivity contribution is -0.419. The molecule has 0 amide bonds. The van der Waals surface area contributed by atoms with E-state index in [2.05, 4.69) is 6.58 Å². The van der Waals surface area contributed by atoms with E-state index in [4.69, 9.17) is 5.11 Å². The summed E-state index contributed by atoms with van der Waals surface area (Å²) in [6.45, 7) is 4.92. The van der Waals surface area contributed by atoms with Crippen LogP contribution in [0.5, 0.6) is 0 Å². The molecule has 6 heteroatoms. The number of ketones is 1. The normalized spacial score (nSPS) is 11.6. The summed E-state index contributed by atoms with van der Waals surface area (Å²) in [7, 11) is 0. The van der Waals surface area contributed by atoms with Gasteiger partial charge < -0.3 is 5.11 Å². The Balaban J connectivity index is 5.44. The van der Waals surface area contributed by atoms with Crippen molar-refractivity contribution in [1.82, 2.24) is 0 Å². The number of unbranched alkanes of at least 4 members (excludes halogenated alkanes) is 1. The number of aliphatic carboxylic acids is 1. The minimum atomic E-state index is -1.43. The molecule has 0 saturated carbocycles. The number of hydrogen-bond acceptors (Lipinski definition) is 4. The summed E-state index contributed by atoms with van der Waals surface area (Å²) in [4.78, 5) is 31.7. The van der Waals surface area contributed by atoms with Gasteiger partial charge in [-0.1, -0.05) is 19.9 Å². The quantitative estimate of drug-likeness (QED) is 0.404. The average molecular weight is 227 g/mol. The molecule has 0 aliphatic carbocycles. The molecule has 0 aliphatic rings. The van der Waals surface area contributed by atoms with Crippen LogP contribution in [0.4, 0.5) is 0 Å². The van der Waals surface area contributed by atoms with Crippen LogP contribution in [0, 0.1) is 10.1 Å². The summed E-state index contributed by atoms with van der Waals surface area (Å²) in [5.41, 5.74) is -1.35. The van der Waals surface area contributed by atoms with Gasteiger partial charge in [-0.25, -0.2) is 4.79 Å². The van der Waals surface area contributed by atoms with Crippen molar-refractivity contribution in [3.8, 4) is 0 Å². The summed E-state index contributed by atoms with van der Waals surface area (Å²) >= 11 is 0. The smallest absolute Gasteiger partial charge is 0.338 e. The molecule has 0 radical (unpaired) electrons. The SMILES string of the molecule is C=CC(=O)C(=C(CCCC)C(=O)O)[N+](=O)[O-]. The van der Waals surface area contributed by atoms with Gasteiger partial charge in [0.15, 0.2) is 0 Å². The van der Waals surface area contributed by atoms with Gasteiger partial charge in [-0.3, -0.25) is 14.9 Å². The summed E-state index contributed by atoms with van der Waals surface area (Å²) in [6, 6.07) is 0. The third-order valence-corrected chi connectivity index (χ3v) is 1.93. The lowest BCUT2D eigenvalue weighted by Crippen LogP contribution is -2.17. The first-order valence-electron chi connectivity index (χ1n) is 4.73. The zero-order valence-corrected chi connectivity index (χ0v) is 8.93. The number of nitrogens with zero attached hydrogens (tertiary/aromatic N) is 1. The fourth-order valence-corrected chi connectivity index (χ4v) is 1.13. The first-order valence-corrected chi connectivity index (χ1v) is 4.73. The maximum Gasteiger partial charge on any atom is 0.338 e. The van der Waals surface area contributed by atoms with Crippen LogP contribution in [-0.2, 0) is 9.59 Å². The fourth-order valence-electron chi connectivity index (χ4n) is 1.13. The number of carboxylic acids is 1. The number of carbonyl (C=O) groups is 2. The predicted octanol–water partition coefficient (Wildman–Crippen LogP) is 1.55. The maximum atomic E-state index is 11.2. The highest BCUT2D eigenvalue weighted by Gasteiger charge is 2.28. The molecule has 6 nitrogen and oxygen atoms in total.